The Morgan fingerprint density at radius 2 is 2.40 bits per heavy atom. The smallest absolute Gasteiger partial charge is 0.180 e. The molecule has 9 heteroatoms. The number of pyridine rings is 1. The van der Waals surface area contributed by atoms with Gasteiger partial charge in [0.25, 0.3) is 0 Å². The Morgan fingerprint density at radius 3 is 3.25 bits per heavy atom. The van der Waals surface area contributed by atoms with Gasteiger partial charge >= 0.3 is 0 Å². The van der Waals surface area contributed by atoms with E-state index in [-0.39, 0.29) is 0 Å². The van der Waals surface area contributed by atoms with E-state index >= 15 is 0 Å². The van der Waals surface area contributed by atoms with Crippen molar-refractivity contribution in [3.63, 3.8) is 0 Å². The fourth-order valence-corrected chi connectivity index (χ4v) is 3.63. The highest BCUT2D eigenvalue weighted by Crippen LogP contribution is 2.32. The van der Waals surface area contributed by atoms with Crippen LogP contribution < -0.4 is 5.73 Å². The standard InChI is InChI=1S/C11H9N7S2/c12-9-2-8(10-11(16-9)15-5-14-10)20-4-7-1-6(3-19-7)17-18-13/h1-3,5H,4H2,(H3,12,14,15,16). The second-order valence-corrected chi connectivity index (χ2v) is 5.91. The number of azide groups is 1. The Bertz CT molecular complexity index is 800. The molecule has 3 aromatic rings. The number of rotatable bonds is 4. The maximum Gasteiger partial charge on any atom is 0.180 e. The van der Waals surface area contributed by atoms with E-state index in [4.69, 9.17) is 11.3 Å². The van der Waals surface area contributed by atoms with Crippen LogP contribution >= 0.6 is 23.1 Å². The Labute approximate surface area is 121 Å². The number of thioether (sulfide) groups is 1. The van der Waals surface area contributed by atoms with Crippen molar-refractivity contribution in [2.75, 3.05) is 5.73 Å². The highest BCUT2D eigenvalue weighted by atomic mass is 32.2. The Hall–Kier alpha value is -2.22. The third-order valence-electron chi connectivity index (χ3n) is 2.55. The van der Waals surface area contributed by atoms with Crippen molar-refractivity contribution in [1.29, 1.82) is 0 Å². The fourth-order valence-electron chi connectivity index (χ4n) is 1.73. The number of nitrogens with two attached hydrogens (primary N) is 1. The third-order valence-corrected chi connectivity index (χ3v) is 4.75. The topological polar surface area (TPSA) is 116 Å². The molecular weight excluding hydrogens is 294 g/mol. The van der Waals surface area contributed by atoms with Gasteiger partial charge in [-0.2, -0.15) is 0 Å². The van der Waals surface area contributed by atoms with E-state index in [0.29, 0.717) is 17.2 Å². The maximum absolute atomic E-state index is 8.39. The van der Waals surface area contributed by atoms with Gasteiger partial charge in [-0.3, -0.25) is 0 Å². The van der Waals surface area contributed by atoms with E-state index in [1.165, 1.54) is 0 Å². The fraction of sp³-hybridized carbons (Fsp3) is 0.0909. The van der Waals surface area contributed by atoms with Crippen LogP contribution in [-0.2, 0) is 5.75 Å². The summed E-state index contributed by atoms with van der Waals surface area (Å²) in [5, 5.41) is 5.41. The molecule has 0 amide bonds. The lowest BCUT2D eigenvalue weighted by atomic mass is 10.4. The number of fused-ring (bicyclic) bond motifs is 1. The predicted octanol–water partition coefficient (Wildman–Crippen LogP) is 3.84. The number of hydrogen-bond acceptors (Lipinski definition) is 6. The minimum atomic E-state index is 0.452. The minimum Gasteiger partial charge on any atom is -0.384 e. The molecule has 0 aliphatic heterocycles. The summed E-state index contributed by atoms with van der Waals surface area (Å²) in [5.74, 6) is 1.22. The average Bonchev–Trinajstić information content (AvgIpc) is 3.05. The van der Waals surface area contributed by atoms with Crippen molar-refractivity contribution in [2.45, 2.75) is 10.6 Å². The zero-order valence-electron chi connectivity index (χ0n) is 10.1. The van der Waals surface area contributed by atoms with Crippen molar-refractivity contribution >= 4 is 45.8 Å². The number of aromatic amines is 1. The molecule has 20 heavy (non-hydrogen) atoms. The first-order valence-corrected chi connectivity index (χ1v) is 7.47. The molecule has 0 unspecified atom stereocenters. The number of hydrogen-bond donors (Lipinski definition) is 2. The summed E-state index contributed by atoms with van der Waals surface area (Å²) in [5.41, 5.74) is 16.3. The number of nitrogens with zero attached hydrogens (tertiary/aromatic N) is 5. The summed E-state index contributed by atoms with van der Waals surface area (Å²) in [4.78, 5) is 16.2. The summed E-state index contributed by atoms with van der Waals surface area (Å²) in [6, 6.07) is 3.71. The second kappa shape index (κ2) is 5.41. The van der Waals surface area contributed by atoms with Gasteiger partial charge < -0.3 is 10.7 Å². The first-order valence-electron chi connectivity index (χ1n) is 5.61. The Kier molecular flexibility index (Phi) is 3.46. The highest BCUT2D eigenvalue weighted by molar-refractivity contribution is 7.98. The van der Waals surface area contributed by atoms with Gasteiger partial charge in [0.15, 0.2) is 5.65 Å². The molecular formula is C11H9N7S2. The summed E-state index contributed by atoms with van der Waals surface area (Å²) in [6.45, 7) is 0. The number of H-pyrrole nitrogens is 1. The quantitative estimate of drug-likeness (QED) is 0.329. The van der Waals surface area contributed by atoms with Crippen molar-refractivity contribution in [3.8, 4) is 0 Å². The normalized spacial score (nSPS) is 10.6. The van der Waals surface area contributed by atoms with Gasteiger partial charge in [0.05, 0.1) is 11.8 Å². The molecule has 0 saturated heterocycles. The molecule has 0 aliphatic carbocycles. The van der Waals surface area contributed by atoms with Crippen LogP contribution in [0.2, 0.25) is 0 Å². The largest absolute Gasteiger partial charge is 0.384 e. The second-order valence-electron chi connectivity index (χ2n) is 3.90. The van der Waals surface area contributed by atoms with E-state index in [2.05, 4.69) is 25.0 Å². The number of anilines is 1. The van der Waals surface area contributed by atoms with Gasteiger partial charge in [-0.25, -0.2) is 9.97 Å². The lowest BCUT2D eigenvalue weighted by Gasteiger charge is -2.02. The van der Waals surface area contributed by atoms with Gasteiger partial charge in [-0.15, -0.1) is 23.1 Å². The lowest BCUT2D eigenvalue weighted by Crippen LogP contribution is -1.91. The van der Waals surface area contributed by atoms with E-state index < -0.39 is 0 Å². The van der Waals surface area contributed by atoms with Crippen LogP contribution in [0.4, 0.5) is 11.5 Å². The van der Waals surface area contributed by atoms with E-state index in [1.54, 1.807) is 29.4 Å². The molecule has 0 spiro atoms. The van der Waals surface area contributed by atoms with Gasteiger partial charge in [0.1, 0.15) is 5.82 Å². The van der Waals surface area contributed by atoms with Gasteiger partial charge in [0, 0.05) is 31.5 Å². The molecule has 7 nitrogen and oxygen atoms in total. The van der Waals surface area contributed by atoms with E-state index in [1.807, 2.05) is 17.5 Å². The van der Waals surface area contributed by atoms with Crippen LogP contribution in [0.25, 0.3) is 21.6 Å². The molecule has 0 radical (unpaired) electrons. The maximum atomic E-state index is 8.39. The van der Waals surface area contributed by atoms with Crippen molar-refractivity contribution in [1.82, 2.24) is 15.0 Å². The molecule has 0 saturated carbocycles. The van der Waals surface area contributed by atoms with Crippen LogP contribution in [0.3, 0.4) is 0 Å². The summed E-state index contributed by atoms with van der Waals surface area (Å²) < 4.78 is 0. The monoisotopic (exact) mass is 303 g/mol. The van der Waals surface area contributed by atoms with E-state index in [0.717, 1.165) is 21.0 Å². The molecule has 0 fully saturated rings. The zero-order chi connectivity index (χ0) is 13.9. The number of thiophene rings is 1. The molecule has 100 valence electrons. The molecule has 3 rings (SSSR count). The van der Waals surface area contributed by atoms with Gasteiger partial charge in [-0.1, -0.05) is 5.11 Å². The number of nitrogen functional groups attached to an aromatic ring is 1. The first kappa shape index (κ1) is 12.8. The van der Waals surface area contributed by atoms with Crippen LogP contribution in [0.1, 0.15) is 4.88 Å². The summed E-state index contributed by atoms with van der Waals surface area (Å²) >= 11 is 3.20. The van der Waals surface area contributed by atoms with Crippen LogP contribution in [0.15, 0.2) is 33.8 Å². The van der Waals surface area contributed by atoms with Crippen LogP contribution in [0, 0.1) is 0 Å². The minimum absolute atomic E-state index is 0.452. The zero-order valence-corrected chi connectivity index (χ0v) is 11.8. The highest BCUT2D eigenvalue weighted by Gasteiger charge is 2.08. The summed E-state index contributed by atoms with van der Waals surface area (Å²) in [7, 11) is 0. The number of imidazole rings is 1. The van der Waals surface area contributed by atoms with Gasteiger partial charge in [-0.05, 0) is 17.7 Å². The van der Waals surface area contributed by atoms with Crippen molar-refractivity contribution < 1.29 is 0 Å². The Balaban J connectivity index is 1.82. The third kappa shape index (κ3) is 2.55. The molecule has 0 bridgehead atoms. The lowest BCUT2D eigenvalue weighted by molar-refractivity contribution is 1.30. The van der Waals surface area contributed by atoms with Gasteiger partial charge in [0.2, 0.25) is 0 Å². The molecule has 3 heterocycles. The average molecular weight is 303 g/mol. The SMILES string of the molecule is [N-]=[N+]=Nc1csc(CSc2cc(N)nc3nc[nH]c23)c1. The number of aromatic nitrogens is 3. The van der Waals surface area contributed by atoms with E-state index in [9.17, 15) is 0 Å². The molecule has 3 aromatic heterocycles. The molecule has 3 N–H and O–H groups in total. The predicted molar refractivity (Wildman–Crippen MR) is 81.0 cm³/mol. The molecule has 0 aliphatic rings. The molecule has 0 aromatic carbocycles. The van der Waals surface area contributed by atoms with Crippen molar-refractivity contribution in [2.24, 2.45) is 5.11 Å². The van der Waals surface area contributed by atoms with Crippen LogP contribution in [-0.4, -0.2) is 15.0 Å². The summed E-state index contributed by atoms with van der Waals surface area (Å²) in [6.07, 6.45) is 1.60. The number of nitrogens with one attached hydrogen (secondary N) is 1. The van der Waals surface area contributed by atoms with Crippen LogP contribution in [0.5, 0.6) is 0 Å². The first-order chi connectivity index (χ1) is 9.76. The molecule has 0 atom stereocenters. The Morgan fingerprint density at radius 1 is 1.50 bits per heavy atom. The van der Waals surface area contributed by atoms with Crippen molar-refractivity contribution in [3.05, 3.63) is 39.2 Å².